The third kappa shape index (κ3) is 3.99. The smallest absolute Gasteiger partial charge is 0.348 e. The van der Waals surface area contributed by atoms with Crippen LogP contribution in [0, 0.1) is 5.92 Å². The SMILES string of the molecule is COC(=O)C1CCN(C(=O)COC(=O)c2cc3ccccc3s2)CC1. The van der Waals surface area contributed by atoms with E-state index in [1.165, 1.54) is 18.4 Å². The molecule has 6 nitrogen and oxygen atoms in total. The minimum Gasteiger partial charge on any atom is -0.469 e. The van der Waals surface area contributed by atoms with E-state index in [-0.39, 0.29) is 24.4 Å². The van der Waals surface area contributed by atoms with E-state index >= 15 is 0 Å². The second-order valence-electron chi connectivity index (χ2n) is 5.90. The van der Waals surface area contributed by atoms with Crippen molar-refractivity contribution in [2.24, 2.45) is 5.92 Å². The maximum atomic E-state index is 12.2. The molecule has 1 aromatic carbocycles. The molecule has 0 radical (unpaired) electrons. The largest absolute Gasteiger partial charge is 0.469 e. The summed E-state index contributed by atoms with van der Waals surface area (Å²) in [5, 5.41) is 0.982. The summed E-state index contributed by atoms with van der Waals surface area (Å²) in [6.45, 7) is 0.661. The number of carbonyl (C=O) groups is 3. The number of rotatable bonds is 4. The first kappa shape index (κ1) is 17.4. The molecule has 0 aliphatic carbocycles. The predicted octanol–water partition coefficient (Wildman–Crippen LogP) is 2.47. The highest BCUT2D eigenvalue weighted by atomic mass is 32.1. The number of ether oxygens (including phenoxy) is 2. The van der Waals surface area contributed by atoms with E-state index in [0.29, 0.717) is 30.8 Å². The van der Waals surface area contributed by atoms with Crippen molar-refractivity contribution in [2.45, 2.75) is 12.8 Å². The number of hydrogen-bond acceptors (Lipinski definition) is 6. The van der Waals surface area contributed by atoms with Gasteiger partial charge in [-0.2, -0.15) is 0 Å². The first-order valence-corrected chi connectivity index (χ1v) is 8.91. The van der Waals surface area contributed by atoms with Crippen molar-refractivity contribution in [1.82, 2.24) is 4.90 Å². The quantitative estimate of drug-likeness (QED) is 0.782. The fourth-order valence-corrected chi connectivity index (χ4v) is 3.86. The van der Waals surface area contributed by atoms with E-state index in [0.717, 1.165) is 10.1 Å². The van der Waals surface area contributed by atoms with Gasteiger partial charge in [-0.15, -0.1) is 11.3 Å². The molecule has 7 heteroatoms. The molecule has 1 aliphatic rings. The summed E-state index contributed by atoms with van der Waals surface area (Å²) in [5.74, 6) is -1.12. The van der Waals surface area contributed by atoms with Crippen LogP contribution in [0.25, 0.3) is 10.1 Å². The zero-order valence-electron chi connectivity index (χ0n) is 13.9. The molecule has 0 spiro atoms. The van der Waals surface area contributed by atoms with E-state index in [9.17, 15) is 14.4 Å². The Kier molecular flexibility index (Phi) is 5.33. The van der Waals surface area contributed by atoms with Gasteiger partial charge in [-0.3, -0.25) is 9.59 Å². The van der Waals surface area contributed by atoms with Crippen molar-refractivity contribution in [3.63, 3.8) is 0 Å². The van der Waals surface area contributed by atoms with Crippen molar-refractivity contribution in [1.29, 1.82) is 0 Å². The Hall–Kier alpha value is -2.41. The molecule has 1 fully saturated rings. The number of methoxy groups -OCH3 is 1. The lowest BCUT2D eigenvalue weighted by Crippen LogP contribution is -2.42. The van der Waals surface area contributed by atoms with Crippen LogP contribution in [0.1, 0.15) is 22.5 Å². The number of likely N-dealkylation sites (tertiary alicyclic amines) is 1. The molecule has 2 heterocycles. The van der Waals surface area contributed by atoms with Gasteiger partial charge in [0.05, 0.1) is 13.0 Å². The van der Waals surface area contributed by atoms with Gasteiger partial charge in [0.15, 0.2) is 6.61 Å². The first-order valence-electron chi connectivity index (χ1n) is 8.10. The van der Waals surface area contributed by atoms with Crippen LogP contribution >= 0.6 is 11.3 Å². The molecule has 0 bridgehead atoms. The van der Waals surface area contributed by atoms with E-state index in [1.54, 1.807) is 11.0 Å². The second kappa shape index (κ2) is 7.65. The van der Waals surface area contributed by atoms with Crippen LogP contribution in [0.3, 0.4) is 0 Å². The van der Waals surface area contributed by atoms with Gasteiger partial charge in [0.2, 0.25) is 0 Å². The molecular formula is C18H19NO5S. The van der Waals surface area contributed by atoms with Gasteiger partial charge in [-0.25, -0.2) is 4.79 Å². The fraction of sp³-hybridized carbons (Fsp3) is 0.389. The normalized spacial score (nSPS) is 15.2. The monoisotopic (exact) mass is 361 g/mol. The van der Waals surface area contributed by atoms with E-state index < -0.39 is 5.97 Å². The lowest BCUT2D eigenvalue weighted by molar-refractivity contribution is -0.149. The molecule has 0 unspecified atom stereocenters. The number of benzene rings is 1. The number of fused-ring (bicyclic) bond motifs is 1. The summed E-state index contributed by atoms with van der Waals surface area (Å²) in [5.41, 5.74) is 0. The standard InChI is InChI=1S/C18H19NO5S/c1-23-17(21)12-6-8-19(9-7-12)16(20)11-24-18(22)15-10-13-4-2-3-5-14(13)25-15/h2-5,10,12H,6-9,11H2,1H3. The van der Waals surface area contributed by atoms with Crippen molar-refractivity contribution < 1.29 is 23.9 Å². The Morgan fingerprint density at radius 3 is 2.60 bits per heavy atom. The van der Waals surface area contributed by atoms with Crippen molar-refractivity contribution in [3.05, 3.63) is 35.2 Å². The highest BCUT2D eigenvalue weighted by Crippen LogP contribution is 2.26. The molecule has 1 aromatic heterocycles. The number of hydrogen-bond donors (Lipinski definition) is 0. The highest BCUT2D eigenvalue weighted by molar-refractivity contribution is 7.20. The van der Waals surface area contributed by atoms with Crippen molar-refractivity contribution >= 4 is 39.3 Å². The Morgan fingerprint density at radius 1 is 1.20 bits per heavy atom. The predicted molar refractivity (Wildman–Crippen MR) is 93.4 cm³/mol. The summed E-state index contributed by atoms with van der Waals surface area (Å²) in [7, 11) is 1.37. The van der Waals surface area contributed by atoms with E-state index in [1.807, 2.05) is 24.3 Å². The molecule has 132 valence electrons. The highest BCUT2D eigenvalue weighted by Gasteiger charge is 2.28. The zero-order valence-corrected chi connectivity index (χ0v) is 14.7. The number of piperidine rings is 1. The van der Waals surface area contributed by atoms with Crippen molar-refractivity contribution in [3.8, 4) is 0 Å². The summed E-state index contributed by atoms with van der Waals surface area (Å²) < 4.78 is 10.9. The molecular weight excluding hydrogens is 342 g/mol. The summed E-state index contributed by atoms with van der Waals surface area (Å²) in [6, 6.07) is 9.46. The summed E-state index contributed by atoms with van der Waals surface area (Å²) in [4.78, 5) is 37.9. The number of carbonyl (C=O) groups excluding carboxylic acids is 3. The third-order valence-corrected chi connectivity index (χ3v) is 5.43. The topological polar surface area (TPSA) is 72.9 Å². The summed E-state index contributed by atoms with van der Waals surface area (Å²) in [6.07, 6.45) is 1.14. The third-order valence-electron chi connectivity index (χ3n) is 4.34. The van der Waals surface area contributed by atoms with Gasteiger partial charge in [-0.1, -0.05) is 18.2 Å². The molecule has 3 rings (SSSR count). The fourth-order valence-electron chi connectivity index (χ4n) is 2.90. The zero-order chi connectivity index (χ0) is 17.8. The Labute approximate surface area is 149 Å². The second-order valence-corrected chi connectivity index (χ2v) is 6.99. The van der Waals surface area contributed by atoms with Gasteiger partial charge in [0.1, 0.15) is 4.88 Å². The first-order chi connectivity index (χ1) is 12.1. The number of nitrogens with zero attached hydrogens (tertiary/aromatic N) is 1. The average molecular weight is 361 g/mol. The van der Waals surface area contributed by atoms with Gasteiger partial charge in [-0.05, 0) is 30.4 Å². The number of esters is 2. The molecule has 1 saturated heterocycles. The lowest BCUT2D eigenvalue weighted by Gasteiger charge is -2.30. The Morgan fingerprint density at radius 2 is 1.92 bits per heavy atom. The molecule has 1 aliphatic heterocycles. The molecule has 2 aromatic rings. The Balaban J connectivity index is 1.50. The lowest BCUT2D eigenvalue weighted by atomic mass is 9.97. The van der Waals surface area contributed by atoms with Crippen LogP contribution in [0.4, 0.5) is 0 Å². The molecule has 0 N–H and O–H groups in total. The summed E-state index contributed by atoms with van der Waals surface area (Å²) >= 11 is 1.35. The van der Waals surface area contributed by atoms with Crippen LogP contribution in [0.5, 0.6) is 0 Å². The van der Waals surface area contributed by atoms with Crippen molar-refractivity contribution in [2.75, 3.05) is 26.8 Å². The number of thiophene rings is 1. The van der Waals surface area contributed by atoms with Crippen LogP contribution in [0.15, 0.2) is 30.3 Å². The van der Waals surface area contributed by atoms with Crippen LogP contribution < -0.4 is 0 Å². The maximum absolute atomic E-state index is 12.2. The van der Waals surface area contributed by atoms with Gasteiger partial charge in [0, 0.05) is 17.8 Å². The van der Waals surface area contributed by atoms with Gasteiger partial charge < -0.3 is 14.4 Å². The molecule has 0 saturated carbocycles. The molecule has 25 heavy (non-hydrogen) atoms. The van der Waals surface area contributed by atoms with Gasteiger partial charge >= 0.3 is 11.9 Å². The van der Waals surface area contributed by atoms with Crippen LogP contribution in [0.2, 0.25) is 0 Å². The minimum atomic E-state index is -0.487. The molecule has 1 amide bonds. The van der Waals surface area contributed by atoms with Gasteiger partial charge in [0.25, 0.3) is 5.91 Å². The van der Waals surface area contributed by atoms with Crippen LogP contribution in [-0.4, -0.2) is 49.6 Å². The maximum Gasteiger partial charge on any atom is 0.348 e. The Bertz CT molecular complexity index is 759. The minimum absolute atomic E-state index is 0.157. The van der Waals surface area contributed by atoms with E-state index in [2.05, 4.69) is 0 Å². The number of amides is 1. The van der Waals surface area contributed by atoms with E-state index in [4.69, 9.17) is 9.47 Å². The molecule has 0 atom stereocenters. The van der Waals surface area contributed by atoms with Crippen LogP contribution in [-0.2, 0) is 19.1 Å². The average Bonchev–Trinajstić information content (AvgIpc) is 3.09.